The summed E-state index contributed by atoms with van der Waals surface area (Å²) in [6.45, 7) is 3.29. The molecule has 1 aliphatic rings. The van der Waals surface area contributed by atoms with Gasteiger partial charge in [0.1, 0.15) is 11.3 Å². The monoisotopic (exact) mass is 409 g/mol. The highest BCUT2D eigenvalue weighted by atomic mass is 15.1. The molecule has 154 valence electrons. The van der Waals surface area contributed by atoms with Crippen LogP contribution in [0.15, 0.2) is 55.1 Å². The molecule has 6 rings (SSSR count). The first-order valence-electron chi connectivity index (χ1n) is 10.8. The highest BCUT2D eigenvalue weighted by Crippen LogP contribution is 2.30. The maximum absolute atomic E-state index is 4.67. The van der Waals surface area contributed by atoms with Gasteiger partial charge in [0.25, 0.3) is 0 Å². The summed E-state index contributed by atoms with van der Waals surface area (Å²) in [5.74, 6) is 0. The van der Waals surface area contributed by atoms with E-state index in [1.807, 2.05) is 30.7 Å². The van der Waals surface area contributed by atoms with Crippen LogP contribution in [-0.2, 0) is 6.54 Å². The molecular weight excluding hydrogens is 386 g/mol. The zero-order valence-corrected chi connectivity index (χ0v) is 17.2. The van der Waals surface area contributed by atoms with Gasteiger partial charge in [0.2, 0.25) is 0 Å². The van der Waals surface area contributed by atoms with E-state index >= 15 is 0 Å². The first kappa shape index (κ1) is 18.2. The van der Waals surface area contributed by atoms with E-state index in [2.05, 4.69) is 53.2 Å². The van der Waals surface area contributed by atoms with E-state index in [0.717, 1.165) is 51.1 Å². The van der Waals surface area contributed by atoms with Crippen molar-refractivity contribution >= 4 is 21.9 Å². The third kappa shape index (κ3) is 3.47. The quantitative estimate of drug-likeness (QED) is 0.455. The van der Waals surface area contributed by atoms with E-state index < -0.39 is 0 Å². The van der Waals surface area contributed by atoms with Crippen LogP contribution in [0, 0.1) is 0 Å². The van der Waals surface area contributed by atoms with Crippen molar-refractivity contribution in [3.63, 3.8) is 0 Å². The molecule has 0 radical (unpaired) electrons. The summed E-state index contributed by atoms with van der Waals surface area (Å²) < 4.78 is 0. The number of pyridine rings is 3. The lowest BCUT2D eigenvalue weighted by Gasteiger charge is -2.26. The van der Waals surface area contributed by atoms with Crippen molar-refractivity contribution in [3.05, 3.63) is 60.7 Å². The van der Waals surface area contributed by atoms with Crippen LogP contribution < -0.4 is 0 Å². The summed E-state index contributed by atoms with van der Waals surface area (Å²) in [4.78, 5) is 19.4. The van der Waals surface area contributed by atoms with E-state index in [0.29, 0.717) is 0 Å². The van der Waals surface area contributed by atoms with Gasteiger partial charge in [-0.25, -0.2) is 4.98 Å². The Morgan fingerprint density at radius 2 is 1.90 bits per heavy atom. The van der Waals surface area contributed by atoms with Crippen molar-refractivity contribution in [3.8, 4) is 22.6 Å². The lowest BCUT2D eigenvalue weighted by molar-refractivity contribution is 0.220. The minimum absolute atomic E-state index is 0.859. The van der Waals surface area contributed by atoms with Crippen LogP contribution in [0.1, 0.15) is 24.8 Å². The molecule has 0 amide bonds. The van der Waals surface area contributed by atoms with Crippen molar-refractivity contribution in [2.24, 2.45) is 0 Å². The van der Waals surface area contributed by atoms with Crippen molar-refractivity contribution in [1.29, 1.82) is 0 Å². The second-order valence-corrected chi connectivity index (χ2v) is 8.23. The molecule has 6 heterocycles. The van der Waals surface area contributed by atoms with Crippen LogP contribution in [-0.4, -0.2) is 48.1 Å². The van der Waals surface area contributed by atoms with Gasteiger partial charge in [-0.3, -0.25) is 20.0 Å². The van der Waals surface area contributed by atoms with Gasteiger partial charge in [-0.05, 0) is 61.8 Å². The van der Waals surface area contributed by atoms with E-state index in [4.69, 9.17) is 0 Å². The van der Waals surface area contributed by atoms with Crippen molar-refractivity contribution in [2.75, 3.05) is 13.1 Å². The number of fused-ring (bicyclic) bond motifs is 2. The highest BCUT2D eigenvalue weighted by Gasteiger charge is 2.14. The van der Waals surface area contributed by atoms with Gasteiger partial charge >= 0.3 is 0 Å². The number of aromatic nitrogens is 6. The van der Waals surface area contributed by atoms with Crippen LogP contribution in [0.2, 0.25) is 0 Å². The first-order valence-corrected chi connectivity index (χ1v) is 10.8. The molecule has 7 nitrogen and oxygen atoms in total. The zero-order valence-electron chi connectivity index (χ0n) is 17.2. The third-order valence-corrected chi connectivity index (χ3v) is 6.04. The van der Waals surface area contributed by atoms with Gasteiger partial charge in [0.05, 0.1) is 23.1 Å². The lowest BCUT2D eigenvalue weighted by Crippen LogP contribution is -2.29. The lowest BCUT2D eigenvalue weighted by atomic mass is 10.1. The Balaban J connectivity index is 1.36. The van der Waals surface area contributed by atoms with Crippen molar-refractivity contribution < 1.29 is 0 Å². The van der Waals surface area contributed by atoms with E-state index in [1.54, 1.807) is 6.20 Å². The van der Waals surface area contributed by atoms with Crippen molar-refractivity contribution in [2.45, 2.75) is 25.8 Å². The molecule has 1 aliphatic heterocycles. The molecule has 7 heteroatoms. The Kier molecular flexibility index (Phi) is 4.46. The van der Waals surface area contributed by atoms with E-state index in [9.17, 15) is 0 Å². The van der Waals surface area contributed by atoms with Gasteiger partial charge in [-0.2, -0.15) is 5.10 Å². The van der Waals surface area contributed by atoms with Gasteiger partial charge in [-0.1, -0.05) is 6.42 Å². The number of rotatable bonds is 4. The van der Waals surface area contributed by atoms with Gasteiger partial charge in [0.15, 0.2) is 0 Å². The van der Waals surface area contributed by atoms with Crippen LogP contribution >= 0.6 is 0 Å². The molecule has 5 aromatic heterocycles. The molecule has 2 N–H and O–H groups in total. The highest BCUT2D eigenvalue weighted by molar-refractivity contribution is 5.96. The Hall–Kier alpha value is -3.58. The Bertz CT molecular complexity index is 1330. The number of aromatic amines is 2. The molecule has 0 bridgehead atoms. The number of H-pyrrole nitrogens is 2. The molecule has 1 saturated heterocycles. The SMILES string of the molecule is c1cnc2[nH]c(-c3n[nH]c4cnc(-c5cncc(CN6CCCCC6)c5)cc34)cc2c1. The summed E-state index contributed by atoms with van der Waals surface area (Å²) in [5, 5.41) is 9.74. The molecule has 5 aromatic rings. The Morgan fingerprint density at radius 3 is 2.81 bits per heavy atom. The Labute approximate surface area is 179 Å². The minimum Gasteiger partial charge on any atom is -0.338 e. The van der Waals surface area contributed by atoms with Crippen LogP contribution in [0.5, 0.6) is 0 Å². The van der Waals surface area contributed by atoms with Gasteiger partial charge in [0, 0.05) is 41.5 Å². The molecule has 0 spiro atoms. The molecule has 31 heavy (non-hydrogen) atoms. The third-order valence-electron chi connectivity index (χ3n) is 6.04. The molecule has 0 aromatic carbocycles. The molecule has 0 aliphatic carbocycles. The second-order valence-electron chi connectivity index (χ2n) is 8.23. The zero-order chi connectivity index (χ0) is 20.6. The van der Waals surface area contributed by atoms with E-state index in [-0.39, 0.29) is 0 Å². The van der Waals surface area contributed by atoms with Crippen LogP contribution in [0.25, 0.3) is 44.6 Å². The molecule has 0 atom stereocenters. The standard InChI is InChI=1S/C24H23N7/c1-2-7-31(8-3-1)15-16-9-18(13-25-12-16)20-11-19-22(14-27-20)29-30-23(19)21-10-17-5-4-6-26-24(17)28-21/h4-6,9-14H,1-3,7-8,15H2,(H,26,28)(H,29,30). The van der Waals surface area contributed by atoms with E-state index in [1.165, 1.54) is 37.9 Å². The number of nitrogens with one attached hydrogen (secondary N) is 2. The second kappa shape index (κ2) is 7.59. The number of hydrogen-bond acceptors (Lipinski definition) is 5. The average Bonchev–Trinajstić information content (AvgIpc) is 3.43. The van der Waals surface area contributed by atoms with Crippen LogP contribution in [0.3, 0.4) is 0 Å². The summed E-state index contributed by atoms with van der Waals surface area (Å²) in [6, 6.07) is 10.4. The average molecular weight is 409 g/mol. The maximum Gasteiger partial charge on any atom is 0.137 e. The predicted molar refractivity (Wildman–Crippen MR) is 121 cm³/mol. The molecule has 0 saturated carbocycles. The summed E-state index contributed by atoms with van der Waals surface area (Å²) in [6.07, 6.45) is 11.4. The number of hydrogen-bond donors (Lipinski definition) is 2. The van der Waals surface area contributed by atoms with Crippen molar-refractivity contribution in [1.82, 2.24) is 35.0 Å². The van der Waals surface area contributed by atoms with Gasteiger partial charge < -0.3 is 4.98 Å². The normalized spacial score (nSPS) is 15.1. The number of nitrogens with zero attached hydrogens (tertiary/aromatic N) is 5. The Morgan fingerprint density at radius 1 is 0.968 bits per heavy atom. The summed E-state index contributed by atoms with van der Waals surface area (Å²) >= 11 is 0. The number of likely N-dealkylation sites (tertiary alicyclic amines) is 1. The van der Waals surface area contributed by atoms with Crippen LogP contribution in [0.4, 0.5) is 0 Å². The maximum atomic E-state index is 4.67. The predicted octanol–water partition coefficient (Wildman–Crippen LogP) is 4.55. The smallest absolute Gasteiger partial charge is 0.137 e. The molecule has 0 unspecified atom stereocenters. The largest absolute Gasteiger partial charge is 0.338 e. The summed E-state index contributed by atoms with van der Waals surface area (Å²) in [5.41, 5.74) is 6.73. The summed E-state index contributed by atoms with van der Waals surface area (Å²) in [7, 11) is 0. The van der Waals surface area contributed by atoms with Gasteiger partial charge in [-0.15, -0.1) is 0 Å². The fraction of sp³-hybridized carbons (Fsp3) is 0.250. The minimum atomic E-state index is 0.859. The fourth-order valence-corrected chi connectivity index (χ4v) is 4.46. The molecule has 1 fully saturated rings. The molecular formula is C24H23N7. The number of piperidine rings is 1. The topological polar surface area (TPSA) is 86.4 Å². The fourth-order valence-electron chi connectivity index (χ4n) is 4.46. The first-order chi connectivity index (χ1) is 15.3.